The second-order valence-electron chi connectivity index (χ2n) is 6.78. The summed E-state index contributed by atoms with van der Waals surface area (Å²) in [5.41, 5.74) is 3.67. The van der Waals surface area contributed by atoms with Crippen LogP contribution >= 0.6 is 11.3 Å². The molecule has 2 aromatic heterocycles. The van der Waals surface area contributed by atoms with Gasteiger partial charge in [0.2, 0.25) is 0 Å². The Morgan fingerprint density at radius 3 is 2.47 bits per heavy atom. The van der Waals surface area contributed by atoms with Gasteiger partial charge in [0.15, 0.2) is 4.96 Å². The first-order valence-corrected chi connectivity index (χ1v) is 10.2. The zero-order chi connectivity index (χ0) is 21.1. The first-order valence-electron chi connectivity index (χ1n) is 9.41. The lowest BCUT2D eigenvalue weighted by molar-refractivity contribution is 0.240. The molecule has 0 bridgehead atoms. The van der Waals surface area contributed by atoms with Crippen molar-refractivity contribution in [2.45, 2.75) is 20.0 Å². The highest BCUT2D eigenvalue weighted by molar-refractivity contribution is 7.17. The van der Waals surface area contributed by atoms with Gasteiger partial charge in [0, 0.05) is 28.9 Å². The van der Waals surface area contributed by atoms with Crippen molar-refractivity contribution in [2.75, 3.05) is 7.11 Å². The molecule has 4 rings (SSSR count). The Labute approximate surface area is 177 Å². The van der Waals surface area contributed by atoms with E-state index in [9.17, 15) is 9.18 Å². The molecule has 154 valence electrons. The number of nitrogens with zero attached hydrogens (tertiary/aromatic N) is 2. The van der Waals surface area contributed by atoms with Crippen LogP contribution in [-0.4, -0.2) is 22.5 Å². The molecule has 0 unspecified atom stereocenters. The summed E-state index contributed by atoms with van der Waals surface area (Å²) >= 11 is 1.52. The van der Waals surface area contributed by atoms with E-state index in [1.54, 1.807) is 19.2 Å². The minimum atomic E-state index is -0.269. The van der Waals surface area contributed by atoms with Gasteiger partial charge in [-0.25, -0.2) is 14.2 Å². The van der Waals surface area contributed by atoms with E-state index in [0.717, 1.165) is 38.1 Å². The van der Waals surface area contributed by atoms with Crippen LogP contribution in [0.3, 0.4) is 0 Å². The lowest BCUT2D eigenvalue weighted by Gasteiger charge is -2.08. The number of imidazole rings is 1. The highest BCUT2D eigenvalue weighted by atomic mass is 32.1. The summed E-state index contributed by atoms with van der Waals surface area (Å²) in [5, 5.41) is 5.74. The Hall–Kier alpha value is -3.39. The number of benzene rings is 2. The number of fused-ring (bicyclic) bond motifs is 1. The number of thiazole rings is 1. The Kier molecular flexibility index (Phi) is 5.67. The number of amides is 2. The van der Waals surface area contributed by atoms with Crippen LogP contribution in [0.15, 0.2) is 54.7 Å². The average Bonchev–Trinajstić information content (AvgIpc) is 3.31. The summed E-state index contributed by atoms with van der Waals surface area (Å²) in [6, 6.07) is 13.6. The number of carbonyl (C=O) groups excluding carboxylic acids is 1. The fraction of sp³-hybridized carbons (Fsp3) is 0.182. The molecule has 0 radical (unpaired) electrons. The fourth-order valence-electron chi connectivity index (χ4n) is 3.07. The van der Waals surface area contributed by atoms with Crippen LogP contribution in [0.1, 0.15) is 16.1 Å². The third kappa shape index (κ3) is 4.28. The minimum absolute atomic E-state index is 0.233. The van der Waals surface area contributed by atoms with E-state index in [2.05, 4.69) is 15.6 Å². The number of hydrogen-bond acceptors (Lipinski definition) is 4. The highest BCUT2D eigenvalue weighted by Crippen LogP contribution is 2.27. The van der Waals surface area contributed by atoms with Crippen molar-refractivity contribution in [1.29, 1.82) is 0 Å². The standard InChI is InChI=1S/C22H21FN4O2S/c1-14-20(12-25-21(28)24-11-15-3-9-18(29-2)10-4-15)30-22-26-19(13-27(14)22)16-5-7-17(23)8-6-16/h3-10,13H,11-12H2,1-2H3,(H2,24,25,28). The third-order valence-electron chi connectivity index (χ3n) is 4.81. The molecule has 4 aromatic rings. The van der Waals surface area contributed by atoms with Crippen LogP contribution in [0.5, 0.6) is 5.75 Å². The monoisotopic (exact) mass is 424 g/mol. The predicted molar refractivity (Wildman–Crippen MR) is 115 cm³/mol. The molecule has 0 saturated heterocycles. The number of aryl methyl sites for hydroxylation is 1. The van der Waals surface area contributed by atoms with Crippen LogP contribution in [0.4, 0.5) is 9.18 Å². The smallest absolute Gasteiger partial charge is 0.315 e. The Bertz CT molecular complexity index is 1170. The lowest BCUT2D eigenvalue weighted by Crippen LogP contribution is -2.34. The first-order chi connectivity index (χ1) is 14.5. The van der Waals surface area contributed by atoms with Gasteiger partial charge in [-0.15, -0.1) is 0 Å². The lowest BCUT2D eigenvalue weighted by atomic mass is 10.2. The van der Waals surface area contributed by atoms with Gasteiger partial charge in [-0.2, -0.15) is 0 Å². The van der Waals surface area contributed by atoms with E-state index in [4.69, 9.17) is 4.74 Å². The van der Waals surface area contributed by atoms with Crippen LogP contribution in [-0.2, 0) is 13.1 Å². The molecule has 0 aliphatic heterocycles. The molecule has 0 fully saturated rings. The number of urea groups is 1. The van der Waals surface area contributed by atoms with Gasteiger partial charge in [-0.05, 0) is 48.9 Å². The maximum absolute atomic E-state index is 13.1. The molecule has 0 atom stereocenters. The summed E-state index contributed by atoms with van der Waals surface area (Å²) in [7, 11) is 1.62. The van der Waals surface area contributed by atoms with Gasteiger partial charge in [-0.1, -0.05) is 23.5 Å². The van der Waals surface area contributed by atoms with Crippen LogP contribution in [0.25, 0.3) is 16.2 Å². The van der Waals surface area contributed by atoms with Gasteiger partial charge < -0.3 is 15.4 Å². The second-order valence-corrected chi connectivity index (χ2v) is 7.84. The largest absolute Gasteiger partial charge is 0.497 e. The van der Waals surface area contributed by atoms with E-state index in [1.807, 2.05) is 41.8 Å². The molecule has 6 nitrogen and oxygen atoms in total. The molecule has 30 heavy (non-hydrogen) atoms. The number of hydrogen-bond donors (Lipinski definition) is 2. The molecule has 0 saturated carbocycles. The van der Waals surface area contributed by atoms with Crippen molar-refractivity contribution in [2.24, 2.45) is 0 Å². The third-order valence-corrected chi connectivity index (χ3v) is 5.97. The van der Waals surface area contributed by atoms with Crippen molar-refractivity contribution < 1.29 is 13.9 Å². The summed E-state index contributed by atoms with van der Waals surface area (Å²) < 4.78 is 20.3. The molecule has 2 amide bonds. The summed E-state index contributed by atoms with van der Waals surface area (Å²) in [6.07, 6.45) is 1.93. The van der Waals surface area contributed by atoms with E-state index in [-0.39, 0.29) is 11.8 Å². The molecule has 0 spiro atoms. The van der Waals surface area contributed by atoms with Gasteiger partial charge in [0.1, 0.15) is 11.6 Å². The topological polar surface area (TPSA) is 67.7 Å². The molecule has 0 aliphatic rings. The van der Waals surface area contributed by atoms with E-state index in [0.29, 0.717) is 13.1 Å². The highest BCUT2D eigenvalue weighted by Gasteiger charge is 2.13. The van der Waals surface area contributed by atoms with E-state index < -0.39 is 0 Å². The van der Waals surface area contributed by atoms with Crippen LogP contribution in [0.2, 0.25) is 0 Å². The predicted octanol–water partition coefficient (Wildman–Crippen LogP) is 4.52. The molecular weight excluding hydrogens is 403 g/mol. The summed E-state index contributed by atoms with van der Waals surface area (Å²) in [6.45, 7) is 2.84. The second kappa shape index (κ2) is 8.54. The number of carbonyl (C=O) groups is 1. The normalized spacial score (nSPS) is 10.9. The number of aromatic nitrogens is 2. The molecule has 2 aromatic carbocycles. The van der Waals surface area contributed by atoms with Gasteiger partial charge in [0.25, 0.3) is 0 Å². The average molecular weight is 425 g/mol. The van der Waals surface area contributed by atoms with E-state index in [1.165, 1.54) is 23.5 Å². The van der Waals surface area contributed by atoms with Crippen LogP contribution < -0.4 is 15.4 Å². The van der Waals surface area contributed by atoms with Crippen molar-refractivity contribution in [3.63, 3.8) is 0 Å². The summed E-state index contributed by atoms with van der Waals surface area (Å²) in [4.78, 5) is 18.6. The van der Waals surface area contributed by atoms with Crippen LogP contribution in [0, 0.1) is 12.7 Å². The van der Waals surface area contributed by atoms with Crippen molar-refractivity contribution in [3.05, 3.63) is 76.7 Å². The number of ether oxygens (including phenoxy) is 1. The zero-order valence-corrected chi connectivity index (χ0v) is 17.4. The number of methoxy groups -OCH3 is 1. The fourth-order valence-corrected chi connectivity index (χ4v) is 4.11. The van der Waals surface area contributed by atoms with Crippen molar-refractivity contribution >= 4 is 22.3 Å². The number of rotatable bonds is 6. The van der Waals surface area contributed by atoms with Crippen molar-refractivity contribution in [3.8, 4) is 17.0 Å². The van der Waals surface area contributed by atoms with Gasteiger partial charge >= 0.3 is 6.03 Å². The number of nitrogens with one attached hydrogen (secondary N) is 2. The van der Waals surface area contributed by atoms with E-state index >= 15 is 0 Å². The molecular formula is C22H21FN4O2S. The Morgan fingerprint density at radius 2 is 1.80 bits per heavy atom. The maximum atomic E-state index is 13.1. The van der Waals surface area contributed by atoms with Gasteiger partial charge in [-0.3, -0.25) is 4.40 Å². The SMILES string of the molecule is COc1ccc(CNC(=O)NCc2sc3nc(-c4ccc(F)cc4)cn3c2C)cc1. The first kappa shape index (κ1) is 19.9. The minimum Gasteiger partial charge on any atom is -0.497 e. The van der Waals surface area contributed by atoms with Gasteiger partial charge in [0.05, 0.1) is 19.3 Å². The number of halogens is 1. The Balaban J connectivity index is 1.36. The molecule has 2 N–H and O–H groups in total. The summed E-state index contributed by atoms with van der Waals surface area (Å²) in [5.74, 6) is 0.513. The quantitative estimate of drug-likeness (QED) is 0.478. The molecule has 0 aliphatic carbocycles. The zero-order valence-electron chi connectivity index (χ0n) is 16.6. The maximum Gasteiger partial charge on any atom is 0.315 e. The van der Waals surface area contributed by atoms with Crippen molar-refractivity contribution in [1.82, 2.24) is 20.0 Å². The molecule has 2 heterocycles. The Morgan fingerprint density at radius 1 is 1.10 bits per heavy atom. The molecule has 8 heteroatoms.